The van der Waals surface area contributed by atoms with Crippen LogP contribution in [-0.2, 0) is 24.8 Å². The Labute approximate surface area is 356 Å². The molecule has 8 N–H and O–H groups in total. The van der Waals surface area contributed by atoms with E-state index in [9.17, 15) is 30.6 Å². The number of aliphatic hydroxyl groups is 1. The van der Waals surface area contributed by atoms with Crippen molar-refractivity contribution in [1.82, 2.24) is 15.3 Å². The molecule has 0 aliphatic heterocycles. The lowest BCUT2D eigenvalue weighted by atomic mass is 9.36. The number of imidazole rings is 1. The van der Waals surface area contributed by atoms with E-state index in [-0.39, 0.29) is 61.7 Å². The van der Waals surface area contributed by atoms with Crippen LogP contribution in [0.15, 0.2) is 91.3 Å². The van der Waals surface area contributed by atoms with Crippen molar-refractivity contribution in [2.75, 3.05) is 6.54 Å². The Kier molecular flexibility index (Phi) is 8.82. The zero-order valence-electron chi connectivity index (χ0n) is 34.4. The molecule has 0 radical (unpaired) electrons. The first kappa shape index (κ1) is 38.4. The lowest BCUT2D eigenvalue weighted by Gasteiger charge is -2.68. The molecule has 3 fully saturated rings. The number of nitrogens with one attached hydrogen (secondary N) is 2. The molecule has 5 aromatic rings. The van der Waals surface area contributed by atoms with Crippen LogP contribution in [0, 0.1) is 28.1 Å². The molecule has 1 heterocycles. The highest BCUT2D eigenvalue weighted by Crippen LogP contribution is 2.79. The molecule has 61 heavy (non-hydrogen) atoms. The summed E-state index contributed by atoms with van der Waals surface area (Å²) in [6.07, 6.45) is 26.3. The molecule has 9 nitrogen and oxygen atoms in total. The van der Waals surface area contributed by atoms with Crippen molar-refractivity contribution >= 4 is 22.9 Å². The highest BCUT2D eigenvalue weighted by Gasteiger charge is 2.76. The van der Waals surface area contributed by atoms with Gasteiger partial charge in [0.1, 0.15) is 5.75 Å². The molecular weight excluding hydrogens is 763 g/mol. The molecular formula is C52H55N3O6. The van der Waals surface area contributed by atoms with Crippen molar-refractivity contribution in [3.63, 3.8) is 0 Å². The summed E-state index contributed by atoms with van der Waals surface area (Å²) in [6, 6.07) is 18.1. The number of aromatic hydroxyl groups is 5. The highest BCUT2D eigenvalue weighted by molar-refractivity contribution is 6.03. The number of phenolic OH excluding ortho intramolecular Hbond substituents is 5. The van der Waals surface area contributed by atoms with Crippen LogP contribution in [0.1, 0.15) is 103 Å². The Balaban J connectivity index is 0.883. The molecule has 8 unspecified atom stereocenters. The van der Waals surface area contributed by atoms with E-state index in [4.69, 9.17) is 4.98 Å². The van der Waals surface area contributed by atoms with Gasteiger partial charge in [0, 0.05) is 41.6 Å². The largest absolute Gasteiger partial charge is 0.507 e. The normalized spacial score (nSPS) is 31.8. The predicted molar refractivity (Wildman–Crippen MR) is 236 cm³/mol. The van der Waals surface area contributed by atoms with Gasteiger partial charge < -0.3 is 40.9 Å². The fourth-order valence-electron chi connectivity index (χ4n) is 14.5. The smallest absolute Gasteiger partial charge is 0.169 e. The third kappa shape index (κ3) is 5.42. The minimum Gasteiger partial charge on any atom is -0.507 e. The number of hydrogen-bond donors (Lipinski definition) is 8. The fourth-order valence-corrected chi connectivity index (χ4v) is 14.5. The number of rotatable bonds is 9. The van der Waals surface area contributed by atoms with Gasteiger partial charge in [0.15, 0.2) is 23.0 Å². The molecule has 3 saturated carbocycles. The molecule has 314 valence electrons. The first-order valence-electron chi connectivity index (χ1n) is 22.4. The van der Waals surface area contributed by atoms with Crippen LogP contribution in [0.5, 0.6) is 28.7 Å². The number of nitrogens with zero attached hydrogens (tertiary/aromatic N) is 1. The van der Waals surface area contributed by atoms with Crippen LogP contribution in [0.25, 0.3) is 22.9 Å². The zero-order valence-corrected chi connectivity index (χ0v) is 34.4. The summed E-state index contributed by atoms with van der Waals surface area (Å²) < 4.78 is 0. The maximum absolute atomic E-state index is 12.4. The van der Waals surface area contributed by atoms with Gasteiger partial charge in [-0.15, -0.1) is 0 Å². The zero-order chi connectivity index (χ0) is 41.7. The molecule has 9 heteroatoms. The van der Waals surface area contributed by atoms with Gasteiger partial charge in [-0.2, -0.15) is 0 Å². The Hall–Kier alpha value is -5.51. The number of aromatic amines is 1. The second-order valence-electron chi connectivity index (χ2n) is 19.3. The summed E-state index contributed by atoms with van der Waals surface area (Å²) in [5, 5.41) is 70.2. The number of aliphatic hydroxyl groups excluding tert-OH is 1. The second-order valence-corrected chi connectivity index (χ2v) is 19.3. The van der Waals surface area contributed by atoms with Gasteiger partial charge in [-0.1, -0.05) is 91.8 Å². The summed E-state index contributed by atoms with van der Waals surface area (Å²) in [6.45, 7) is 1.45. The summed E-state index contributed by atoms with van der Waals surface area (Å²) in [5.41, 5.74) is 6.42. The summed E-state index contributed by atoms with van der Waals surface area (Å²) in [7, 11) is 0. The summed E-state index contributed by atoms with van der Waals surface area (Å²) >= 11 is 0. The van der Waals surface area contributed by atoms with E-state index in [0.29, 0.717) is 53.3 Å². The second kappa shape index (κ2) is 14.0. The van der Waals surface area contributed by atoms with Gasteiger partial charge in [-0.25, -0.2) is 4.98 Å². The van der Waals surface area contributed by atoms with Crippen molar-refractivity contribution in [2.45, 2.75) is 94.6 Å². The minimum atomic E-state index is -0.512. The molecule has 3 spiro atoms. The molecule has 2 bridgehead atoms. The van der Waals surface area contributed by atoms with E-state index in [1.807, 2.05) is 6.33 Å². The van der Waals surface area contributed by atoms with E-state index in [1.54, 1.807) is 30.4 Å². The maximum atomic E-state index is 12.4. The average Bonchev–Trinajstić information content (AvgIpc) is 4.07. The van der Waals surface area contributed by atoms with Gasteiger partial charge >= 0.3 is 0 Å². The van der Waals surface area contributed by atoms with Crippen molar-refractivity contribution in [1.29, 1.82) is 0 Å². The number of H-pyrrole nitrogens is 1. The number of benzene rings is 4. The number of allylic oxidation sites excluding steroid dienone is 3. The molecule has 6 aliphatic carbocycles. The molecule has 1 aromatic heterocycles. The summed E-state index contributed by atoms with van der Waals surface area (Å²) in [5.74, 6) is -0.307. The van der Waals surface area contributed by atoms with Gasteiger partial charge in [-0.3, -0.25) is 0 Å². The van der Waals surface area contributed by atoms with Gasteiger partial charge in [-0.05, 0) is 126 Å². The van der Waals surface area contributed by atoms with Gasteiger partial charge in [0.25, 0.3) is 0 Å². The Bertz CT molecular complexity index is 2650. The lowest BCUT2D eigenvalue weighted by Crippen LogP contribution is -2.70. The van der Waals surface area contributed by atoms with Crippen LogP contribution in [0.3, 0.4) is 0 Å². The van der Waals surface area contributed by atoms with E-state index in [1.165, 1.54) is 86.5 Å². The molecule has 4 aromatic carbocycles. The fraction of sp³-hybridized carbons (Fsp3) is 0.404. The molecule has 11 rings (SSSR count). The van der Waals surface area contributed by atoms with E-state index in [2.05, 4.69) is 58.9 Å². The van der Waals surface area contributed by atoms with Crippen LogP contribution in [0.4, 0.5) is 0 Å². The molecule has 0 saturated heterocycles. The van der Waals surface area contributed by atoms with E-state index in [0.717, 1.165) is 18.5 Å². The maximum Gasteiger partial charge on any atom is 0.169 e. The molecule has 6 aliphatic rings. The number of aromatic nitrogens is 2. The quantitative estimate of drug-likeness (QED) is 0.0415. The van der Waals surface area contributed by atoms with Crippen molar-refractivity contribution < 1.29 is 30.6 Å². The molecule has 8 atom stereocenters. The van der Waals surface area contributed by atoms with Gasteiger partial charge in [0.2, 0.25) is 0 Å². The van der Waals surface area contributed by atoms with Crippen molar-refractivity contribution in [3.05, 3.63) is 131 Å². The standard InChI is InChI=1S/C52H55N3O6/c56-39-17-13-32(26-42(39)59)12-15-36-37-5-1-6-40(57)43(37)46(61)45(60)38(36)16-11-31-7-9-33(10-8-31)28-53-29-52-47-41(58)18-14-35-4-2-21-50(35,47)24-25-51(52)22-3-20-49(51)23-19-34(27-49)44-48(52)55-30-54-44/h1,5-10,12-15,17-19,23,26,30,34-35,41,47,53,56-61H,2-4,11,16,20-22,24-25,27-29H2,(H,54,55). The van der Waals surface area contributed by atoms with E-state index < -0.39 is 6.10 Å². The van der Waals surface area contributed by atoms with Crippen LogP contribution in [-0.4, -0.2) is 53.3 Å². The van der Waals surface area contributed by atoms with Gasteiger partial charge in [0.05, 0.1) is 23.5 Å². The first-order chi connectivity index (χ1) is 29.6. The predicted octanol–water partition coefficient (Wildman–Crippen LogP) is 9.42. The lowest BCUT2D eigenvalue weighted by molar-refractivity contribution is -0.163. The third-order valence-electron chi connectivity index (χ3n) is 16.9. The number of phenols is 5. The third-order valence-corrected chi connectivity index (χ3v) is 16.9. The Morgan fingerprint density at radius 2 is 1.64 bits per heavy atom. The number of fused-ring (bicyclic) bond motifs is 6. The number of hydrogen-bond acceptors (Lipinski definition) is 8. The summed E-state index contributed by atoms with van der Waals surface area (Å²) in [4.78, 5) is 8.96. The highest BCUT2D eigenvalue weighted by atomic mass is 16.3. The van der Waals surface area contributed by atoms with Crippen LogP contribution < -0.4 is 5.32 Å². The monoisotopic (exact) mass is 817 g/mol. The Morgan fingerprint density at radius 1 is 0.787 bits per heavy atom. The van der Waals surface area contributed by atoms with E-state index >= 15 is 0 Å². The average molecular weight is 818 g/mol. The Morgan fingerprint density at radius 3 is 2.49 bits per heavy atom. The van der Waals surface area contributed by atoms with Crippen LogP contribution >= 0.6 is 0 Å². The van der Waals surface area contributed by atoms with Crippen molar-refractivity contribution in [2.24, 2.45) is 28.1 Å². The number of aryl methyl sites for hydroxylation is 1. The first-order valence-corrected chi connectivity index (χ1v) is 22.4. The van der Waals surface area contributed by atoms with Crippen LogP contribution in [0.2, 0.25) is 0 Å². The topological polar surface area (TPSA) is 162 Å². The molecule has 0 amide bonds. The van der Waals surface area contributed by atoms with Crippen molar-refractivity contribution in [3.8, 4) is 28.7 Å². The minimum absolute atomic E-state index is 0.0130. The SMILES string of the molecule is Oc1ccc(C=Cc2c(CCc3ccc(CNCC45c6nc[nH]c6C6C=CC7(CCCC74CCC47CCCC4C=CC(O)C75)C6)cc3)c(O)c(O)c3c(O)cccc23)cc1O.